The predicted molar refractivity (Wildman–Crippen MR) is 110 cm³/mol. The largest absolute Gasteiger partial charge is 0.489 e. The molecule has 0 aliphatic heterocycles. The third-order valence-corrected chi connectivity index (χ3v) is 4.93. The first-order valence-corrected chi connectivity index (χ1v) is 10.3. The van der Waals surface area contributed by atoms with Gasteiger partial charge in [-0.05, 0) is 53.6 Å². The number of ether oxygens (including phenoxy) is 1. The molecule has 1 N–H and O–H groups in total. The molecule has 0 radical (unpaired) electrons. The Balaban J connectivity index is 1.66. The van der Waals surface area contributed by atoms with Crippen LogP contribution >= 0.6 is 11.6 Å². The van der Waals surface area contributed by atoms with Crippen LogP contribution in [0, 0.1) is 5.82 Å². The molecule has 0 atom stereocenters. The van der Waals surface area contributed by atoms with Crippen molar-refractivity contribution in [2.24, 2.45) is 0 Å². The van der Waals surface area contributed by atoms with E-state index in [4.69, 9.17) is 16.3 Å². The van der Waals surface area contributed by atoms with Crippen molar-refractivity contribution in [2.45, 2.75) is 6.61 Å². The fourth-order valence-electron chi connectivity index (χ4n) is 2.42. The topological polar surface area (TPSA) is 55.4 Å². The highest BCUT2D eigenvalue weighted by molar-refractivity contribution is 7.95. The average molecular weight is 418 g/mol. The van der Waals surface area contributed by atoms with E-state index in [0.717, 1.165) is 5.41 Å². The molecular formula is C21H17ClFNO3S. The first kappa shape index (κ1) is 19.9. The second-order valence-electron chi connectivity index (χ2n) is 5.95. The van der Waals surface area contributed by atoms with Crippen molar-refractivity contribution in [3.8, 4) is 5.75 Å². The van der Waals surface area contributed by atoms with Crippen molar-refractivity contribution in [1.82, 2.24) is 0 Å². The molecule has 144 valence electrons. The minimum absolute atomic E-state index is 0.169. The number of hydrogen-bond acceptors (Lipinski definition) is 3. The van der Waals surface area contributed by atoms with Crippen molar-refractivity contribution in [3.05, 3.63) is 100 Å². The van der Waals surface area contributed by atoms with Gasteiger partial charge in [-0.2, -0.15) is 0 Å². The molecule has 0 amide bonds. The summed E-state index contributed by atoms with van der Waals surface area (Å²) in [6.45, 7) is 0.169. The van der Waals surface area contributed by atoms with Crippen LogP contribution < -0.4 is 9.46 Å². The summed E-state index contributed by atoms with van der Waals surface area (Å²) in [5, 5.41) is 1.59. The van der Waals surface area contributed by atoms with Crippen LogP contribution in [0.2, 0.25) is 5.02 Å². The third kappa shape index (κ3) is 6.11. The monoisotopic (exact) mass is 417 g/mol. The molecule has 7 heteroatoms. The number of anilines is 1. The van der Waals surface area contributed by atoms with Crippen LogP contribution in [-0.2, 0) is 16.6 Å². The zero-order chi connectivity index (χ0) is 20.0. The maximum atomic E-state index is 13.2. The van der Waals surface area contributed by atoms with Gasteiger partial charge in [-0.1, -0.05) is 41.9 Å². The number of hydrogen-bond donors (Lipinski definition) is 1. The van der Waals surface area contributed by atoms with Crippen molar-refractivity contribution in [3.63, 3.8) is 0 Å². The summed E-state index contributed by atoms with van der Waals surface area (Å²) in [4.78, 5) is 0. The molecule has 0 spiro atoms. The van der Waals surface area contributed by atoms with E-state index < -0.39 is 10.0 Å². The summed E-state index contributed by atoms with van der Waals surface area (Å²) >= 11 is 5.89. The van der Waals surface area contributed by atoms with Gasteiger partial charge >= 0.3 is 0 Å². The molecule has 0 aliphatic carbocycles. The van der Waals surface area contributed by atoms with E-state index in [1.54, 1.807) is 60.7 Å². The normalized spacial score (nSPS) is 11.5. The lowest BCUT2D eigenvalue weighted by atomic mass is 10.2. The van der Waals surface area contributed by atoms with Gasteiger partial charge in [-0.25, -0.2) is 12.8 Å². The lowest BCUT2D eigenvalue weighted by molar-refractivity contribution is 0.306. The van der Waals surface area contributed by atoms with Gasteiger partial charge in [-0.3, -0.25) is 4.72 Å². The maximum absolute atomic E-state index is 13.2. The van der Waals surface area contributed by atoms with E-state index >= 15 is 0 Å². The van der Waals surface area contributed by atoms with Gasteiger partial charge in [0.1, 0.15) is 18.2 Å². The highest BCUT2D eigenvalue weighted by atomic mass is 35.5. The fraction of sp³-hybridized carbons (Fsp3) is 0.0476. The quantitative estimate of drug-likeness (QED) is 0.554. The number of sulfonamides is 1. The van der Waals surface area contributed by atoms with E-state index in [2.05, 4.69) is 4.72 Å². The summed E-state index contributed by atoms with van der Waals surface area (Å²) in [6.07, 6.45) is 1.46. The average Bonchev–Trinajstić information content (AvgIpc) is 2.65. The molecule has 4 nitrogen and oxygen atoms in total. The van der Waals surface area contributed by atoms with Gasteiger partial charge < -0.3 is 4.74 Å². The van der Waals surface area contributed by atoms with Gasteiger partial charge in [0.25, 0.3) is 10.0 Å². The van der Waals surface area contributed by atoms with Crippen LogP contribution in [0.25, 0.3) is 6.08 Å². The van der Waals surface area contributed by atoms with E-state index in [1.165, 1.54) is 18.2 Å². The molecule has 0 aliphatic rings. The number of benzene rings is 3. The summed E-state index contributed by atoms with van der Waals surface area (Å²) in [6, 6.07) is 19.5. The van der Waals surface area contributed by atoms with Gasteiger partial charge in [0, 0.05) is 11.1 Å². The van der Waals surface area contributed by atoms with Crippen LogP contribution in [0.1, 0.15) is 11.1 Å². The van der Waals surface area contributed by atoms with E-state index in [1.807, 2.05) is 0 Å². The highest BCUT2D eigenvalue weighted by Crippen LogP contribution is 2.20. The first-order valence-electron chi connectivity index (χ1n) is 8.33. The first-order chi connectivity index (χ1) is 13.4. The lowest BCUT2D eigenvalue weighted by Crippen LogP contribution is -2.09. The molecule has 0 fully saturated rings. The molecule has 3 aromatic rings. The van der Waals surface area contributed by atoms with Gasteiger partial charge in [0.15, 0.2) is 0 Å². The second kappa shape index (κ2) is 8.91. The SMILES string of the molecule is O=S(=O)(/C=C/c1cccc(Cl)c1)Nc1cccc(OCc2cccc(F)c2)c1. The van der Waals surface area contributed by atoms with Crippen molar-refractivity contribution >= 4 is 33.4 Å². The van der Waals surface area contributed by atoms with Crippen molar-refractivity contribution < 1.29 is 17.5 Å². The second-order valence-corrected chi connectivity index (χ2v) is 7.95. The molecule has 0 heterocycles. The van der Waals surface area contributed by atoms with Crippen LogP contribution in [0.15, 0.2) is 78.2 Å². The Labute approximate surface area is 168 Å². The van der Waals surface area contributed by atoms with Crippen LogP contribution in [0.3, 0.4) is 0 Å². The summed E-state index contributed by atoms with van der Waals surface area (Å²) in [5.74, 6) is 0.123. The molecule has 0 unspecified atom stereocenters. The van der Waals surface area contributed by atoms with E-state index in [-0.39, 0.29) is 12.4 Å². The Morgan fingerprint density at radius 3 is 2.57 bits per heavy atom. The lowest BCUT2D eigenvalue weighted by Gasteiger charge is -2.09. The number of halogens is 2. The molecule has 0 saturated heterocycles. The Kier molecular flexibility index (Phi) is 6.34. The standard InChI is InChI=1S/C21H17ClFNO3S/c22-18-6-1-4-16(12-18)10-11-28(25,26)24-20-8-3-9-21(14-20)27-15-17-5-2-7-19(23)13-17/h1-14,24H,15H2/b11-10+. The number of rotatable bonds is 7. The third-order valence-electron chi connectivity index (χ3n) is 3.68. The minimum atomic E-state index is -3.71. The van der Waals surface area contributed by atoms with Gasteiger partial charge in [0.05, 0.1) is 11.1 Å². The number of nitrogens with one attached hydrogen (secondary N) is 1. The van der Waals surface area contributed by atoms with Crippen molar-refractivity contribution in [1.29, 1.82) is 0 Å². The molecule has 3 rings (SSSR count). The van der Waals surface area contributed by atoms with Crippen LogP contribution in [0.5, 0.6) is 5.75 Å². The van der Waals surface area contributed by atoms with Crippen LogP contribution in [0.4, 0.5) is 10.1 Å². The zero-order valence-corrected chi connectivity index (χ0v) is 16.3. The van der Waals surface area contributed by atoms with Crippen LogP contribution in [-0.4, -0.2) is 8.42 Å². The zero-order valence-electron chi connectivity index (χ0n) is 14.7. The predicted octanol–water partition coefficient (Wildman–Crippen LogP) is 5.47. The Hall–Kier alpha value is -2.83. The Morgan fingerprint density at radius 2 is 1.79 bits per heavy atom. The van der Waals surface area contributed by atoms with Gasteiger partial charge in [-0.15, -0.1) is 0 Å². The van der Waals surface area contributed by atoms with E-state index in [9.17, 15) is 12.8 Å². The minimum Gasteiger partial charge on any atom is -0.489 e. The molecule has 3 aromatic carbocycles. The van der Waals surface area contributed by atoms with Gasteiger partial charge in [0.2, 0.25) is 0 Å². The summed E-state index contributed by atoms with van der Waals surface area (Å²) in [7, 11) is -3.71. The molecule has 0 saturated carbocycles. The molecule has 28 heavy (non-hydrogen) atoms. The van der Waals surface area contributed by atoms with E-state index in [0.29, 0.717) is 27.6 Å². The smallest absolute Gasteiger partial charge is 0.255 e. The molecule has 0 aromatic heterocycles. The fourth-order valence-corrected chi connectivity index (χ4v) is 3.48. The molecular weight excluding hydrogens is 401 g/mol. The maximum Gasteiger partial charge on any atom is 0.255 e. The van der Waals surface area contributed by atoms with Crippen molar-refractivity contribution in [2.75, 3.05) is 4.72 Å². The summed E-state index contributed by atoms with van der Waals surface area (Å²) < 4.78 is 45.8. The highest BCUT2D eigenvalue weighted by Gasteiger charge is 2.07. The molecule has 0 bridgehead atoms. The Morgan fingerprint density at radius 1 is 1.00 bits per heavy atom. The summed E-state index contributed by atoms with van der Waals surface area (Å²) in [5.41, 5.74) is 1.70. The Bertz CT molecular complexity index is 1100.